The molecule has 7 heteroatoms. The highest BCUT2D eigenvalue weighted by molar-refractivity contribution is 7.99. The van der Waals surface area contributed by atoms with Crippen LogP contribution in [0.5, 0.6) is 5.75 Å². The van der Waals surface area contributed by atoms with Crippen LogP contribution < -0.4 is 10.5 Å². The zero-order chi connectivity index (χ0) is 15.0. The number of alkyl halides is 3. The molecule has 0 bridgehead atoms. The molecule has 0 atom stereocenters. The Balaban J connectivity index is 2.24. The van der Waals surface area contributed by atoms with Gasteiger partial charge in [-0.15, -0.1) is 0 Å². The Labute approximate surface area is 119 Å². The highest BCUT2D eigenvalue weighted by atomic mass is 32.2. The van der Waals surface area contributed by atoms with Crippen molar-refractivity contribution >= 4 is 17.7 Å². The van der Waals surface area contributed by atoms with E-state index in [9.17, 15) is 18.0 Å². The van der Waals surface area contributed by atoms with Crippen molar-refractivity contribution < 1.29 is 22.7 Å². The molecule has 0 heterocycles. The Kier molecular flexibility index (Phi) is 6.70. The van der Waals surface area contributed by atoms with E-state index in [0.29, 0.717) is 25.2 Å². The van der Waals surface area contributed by atoms with Crippen molar-refractivity contribution in [3.63, 3.8) is 0 Å². The maximum atomic E-state index is 12.5. The van der Waals surface area contributed by atoms with Gasteiger partial charge in [-0.25, -0.2) is 0 Å². The number of carbonyl (C=O) groups excluding carboxylic acids is 1. The number of amides is 1. The molecule has 0 aromatic heterocycles. The lowest BCUT2D eigenvalue weighted by Crippen LogP contribution is -2.11. The highest BCUT2D eigenvalue weighted by Gasteiger charge is 2.30. The minimum Gasteiger partial charge on any atom is -0.494 e. The quantitative estimate of drug-likeness (QED) is 0.751. The Morgan fingerprint density at radius 3 is 2.70 bits per heavy atom. The number of nitrogens with two attached hydrogens (primary N) is 1. The van der Waals surface area contributed by atoms with Crippen LogP contribution in [0.1, 0.15) is 18.4 Å². The van der Waals surface area contributed by atoms with Crippen LogP contribution in [0.3, 0.4) is 0 Å². The number of thioether (sulfide) groups is 1. The maximum Gasteiger partial charge on any atom is 0.416 e. The van der Waals surface area contributed by atoms with Crippen molar-refractivity contribution in [2.75, 3.05) is 18.1 Å². The first-order valence-electron chi connectivity index (χ1n) is 6.05. The number of ether oxygens (including phenoxy) is 1. The van der Waals surface area contributed by atoms with Gasteiger partial charge in [0.2, 0.25) is 5.91 Å². The molecule has 1 amide bonds. The average Bonchev–Trinajstić information content (AvgIpc) is 2.36. The molecule has 0 aliphatic rings. The van der Waals surface area contributed by atoms with E-state index in [1.165, 1.54) is 12.1 Å². The fraction of sp³-hybridized carbons (Fsp3) is 0.462. The molecular formula is C13H16F3NO2S. The number of hydrogen-bond acceptors (Lipinski definition) is 3. The molecule has 112 valence electrons. The number of benzene rings is 1. The Morgan fingerprint density at radius 2 is 2.05 bits per heavy atom. The highest BCUT2D eigenvalue weighted by Crippen LogP contribution is 2.31. The topological polar surface area (TPSA) is 52.3 Å². The van der Waals surface area contributed by atoms with Gasteiger partial charge in [0.1, 0.15) is 5.75 Å². The molecule has 0 fully saturated rings. The van der Waals surface area contributed by atoms with Gasteiger partial charge in [0.05, 0.1) is 12.2 Å². The Hall–Kier alpha value is -1.37. The third-order valence-corrected chi connectivity index (χ3v) is 3.43. The second-order valence-corrected chi connectivity index (χ2v) is 5.28. The molecule has 0 aliphatic heterocycles. The van der Waals surface area contributed by atoms with Gasteiger partial charge in [0.15, 0.2) is 0 Å². The minimum atomic E-state index is -4.36. The van der Waals surface area contributed by atoms with Gasteiger partial charge < -0.3 is 10.5 Å². The molecule has 3 nitrogen and oxygen atoms in total. The van der Waals surface area contributed by atoms with Crippen LogP contribution in [0.4, 0.5) is 13.2 Å². The molecular weight excluding hydrogens is 291 g/mol. The zero-order valence-electron chi connectivity index (χ0n) is 10.8. The van der Waals surface area contributed by atoms with Crippen LogP contribution >= 0.6 is 11.8 Å². The molecule has 0 saturated heterocycles. The van der Waals surface area contributed by atoms with Crippen molar-refractivity contribution in [3.8, 4) is 5.75 Å². The maximum absolute atomic E-state index is 12.5. The van der Waals surface area contributed by atoms with Crippen LogP contribution in [-0.2, 0) is 11.0 Å². The van der Waals surface area contributed by atoms with Crippen molar-refractivity contribution in [1.82, 2.24) is 0 Å². The first-order valence-corrected chi connectivity index (χ1v) is 7.21. The Morgan fingerprint density at radius 1 is 1.30 bits per heavy atom. The summed E-state index contributed by atoms with van der Waals surface area (Å²) >= 11 is 1.56. The molecule has 0 aliphatic carbocycles. The monoisotopic (exact) mass is 307 g/mol. The summed E-state index contributed by atoms with van der Waals surface area (Å²) in [5.41, 5.74) is 4.27. The molecule has 0 unspecified atom stereocenters. The van der Waals surface area contributed by atoms with Crippen molar-refractivity contribution in [1.29, 1.82) is 0 Å². The summed E-state index contributed by atoms with van der Waals surface area (Å²) in [6.45, 7) is 0.338. The number of carbonyl (C=O) groups is 1. The lowest BCUT2D eigenvalue weighted by atomic mass is 10.2. The molecule has 0 radical (unpaired) electrons. The van der Waals surface area contributed by atoms with E-state index in [1.807, 2.05) is 0 Å². The first kappa shape index (κ1) is 16.7. The molecule has 1 aromatic rings. The SMILES string of the molecule is NC(=O)CCSCCCOc1cccc(C(F)(F)F)c1. The number of halogens is 3. The van der Waals surface area contributed by atoms with Gasteiger partial charge in [-0.3, -0.25) is 4.79 Å². The van der Waals surface area contributed by atoms with E-state index in [-0.39, 0.29) is 11.7 Å². The first-order chi connectivity index (χ1) is 9.39. The van der Waals surface area contributed by atoms with Crippen LogP contribution in [-0.4, -0.2) is 24.0 Å². The van der Waals surface area contributed by atoms with Gasteiger partial charge >= 0.3 is 6.18 Å². The molecule has 0 saturated carbocycles. The van der Waals surface area contributed by atoms with Crippen LogP contribution in [0.25, 0.3) is 0 Å². The second kappa shape index (κ2) is 8.04. The van der Waals surface area contributed by atoms with Gasteiger partial charge in [-0.2, -0.15) is 24.9 Å². The van der Waals surface area contributed by atoms with Crippen molar-refractivity contribution in [3.05, 3.63) is 29.8 Å². The van der Waals surface area contributed by atoms with E-state index < -0.39 is 11.7 Å². The van der Waals surface area contributed by atoms with E-state index in [0.717, 1.165) is 17.9 Å². The van der Waals surface area contributed by atoms with Crippen LogP contribution in [0.2, 0.25) is 0 Å². The summed E-state index contributed by atoms with van der Waals surface area (Å²) < 4.78 is 42.7. The summed E-state index contributed by atoms with van der Waals surface area (Å²) in [6, 6.07) is 4.81. The molecule has 0 spiro atoms. The zero-order valence-corrected chi connectivity index (χ0v) is 11.6. The normalized spacial score (nSPS) is 11.3. The number of hydrogen-bond donors (Lipinski definition) is 1. The van der Waals surface area contributed by atoms with E-state index in [4.69, 9.17) is 10.5 Å². The van der Waals surface area contributed by atoms with Gasteiger partial charge in [-0.05, 0) is 30.4 Å². The fourth-order valence-corrected chi connectivity index (χ4v) is 2.26. The molecule has 2 N–H and O–H groups in total. The van der Waals surface area contributed by atoms with Crippen LogP contribution in [0.15, 0.2) is 24.3 Å². The van der Waals surface area contributed by atoms with Crippen molar-refractivity contribution in [2.45, 2.75) is 19.0 Å². The van der Waals surface area contributed by atoms with Gasteiger partial charge in [-0.1, -0.05) is 6.07 Å². The minimum absolute atomic E-state index is 0.210. The fourth-order valence-electron chi connectivity index (χ4n) is 1.39. The number of rotatable bonds is 8. The standard InChI is InChI=1S/C13H16F3NO2S/c14-13(15,16)10-3-1-4-11(9-10)19-6-2-7-20-8-5-12(17)18/h1,3-4,9H,2,5-8H2,(H2,17,18). The van der Waals surface area contributed by atoms with E-state index in [1.54, 1.807) is 11.8 Å². The lowest BCUT2D eigenvalue weighted by molar-refractivity contribution is -0.137. The lowest BCUT2D eigenvalue weighted by Gasteiger charge is -2.10. The largest absolute Gasteiger partial charge is 0.494 e. The smallest absolute Gasteiger partial charge is 0.416 e. The second-order valence-electron chi connectivity index (χ2n) is 4.06. The van der Waals surface area contributed by atoms with Gasteiger partial charge in [0, 0.05) is 12.2 Å². The third kappa shape index (κ3) is 6.70. The third-order valence-electron chi connectivity index (χ3n) is 2.36. The summed E-state index contributed by atoms with van der Waals surface area (Å²) in [5, 5.41) is 0. The predicted molar refractivity (Wildman–Crippen MR) is 72.7 cm³/mol. The van der Waals surface area contributed by atoms with Gasteiger partial charge in [0.25, 0.3) is 0 Å². The summed E-state index contributed by atoms with van der Waals surface area (Å²) in [5.74, 6) is 1.30. The average molecular weight is 307 g/mol. The van der Waals surface area contributed by atoms with Crippen molar-refractivity contribution in [2.24, 2.45) is 5.73 Å². The number of primary amides is 1. The summed E-state index contributed by atoms with van der Waals surface area (Å²) in [4.78, 5) is 10.5. The van der Waals surface area contributed by atoms with E-state index >= 15 is 0 Å². The van der Waals surface area contributed by atoms with E-state index in [2.05, 4.69) is 0 Å². The summed E-state index contributed by atoms with van der Waals surface area (Å²) in [7, 11) is 0. The molecule has 1 aromatic carbocycles. The summed E-state index contributed by atoms with van der Waals surface area (Å²) in [6.07, 6.45) is -3.33. The molecule has 1 rings (SSSR count). The predicted octanol–water partition coefficient (Wildman–Crippen LogP) is 3.08. The molecule has 20 heavy (non-hydrogen) atoms. The van der Waals surface area contributed by atoms with Crippen LogP contribution in [0, 0.1) is 0 Å². The Bertz CT molecular complexity index is 438.